The van der Waals surface area contributed by atoms with Gasteiger partial charge in [0, 0.05) is 19.4 Å². The molecule has 0 aliphatic carbocycles. The van der Waals surface area contributed by atoms with Gasteiger partial charge in [-0.1, -0.05) is 13.8 Å². The van der Waals surface area contributed by atoms with Gasteiger partial charge in [-0.2, -0.15) is 12.6 Å². The van der Waals surface area contributed by atoms with Gasteiger partial charge in [0.1, 0.15) is 16.5 Å². The number of aliphatic hydroxyl groups is 2. The van der Waals surface area contributed by atoms with Crippen molar-refractivity contribution >= 4 is 24.5 Å². The molecule has 2 heterocycles. The average molecular weight is 416 g/mol. The second-order valence-electron chi connectivity index (χ2n) is 8.61. The Morgan fingerprint density at radius 1 is 1.25 bits per heavy atom. The van der Waals surface area contributed by atoms with Crippen LogP contribution in [0, 0.1) is 11.8 Å². The van der Waals surface area contributed by atoms with Gasteiger partial charge < -0.3 is 19.7 Å². The van der Waals surface area contributed by atoms with Gasteiger partial charge in [-0.25, -0.2) is 0 Å². The smallest absolute Gasteiger partial charge is 0.311 e. The summed E-state index contributed by atoms with van der Waals surface area (Å²) >= 11 is 4.55. The summed E-state index contributed by atoms with van der Waals surface area (Å²) in [5, 5.41) is 21.7. The second-order valence-corrected chi connectivity index (χ2v) is 9.53. The SMILES string of the molecule is CCC1OC(=O)C(C)C(O)C(C)C(O)C2(C)CC(C)=C(O2)N(C)C(=O)C1(C)S. The summed E-state index contributed by atoms with van der Waals surface area (Å²) in [7, 11) is 1.59. The molecule has 2 rings (SSSR count). The van der Waals surface area contributed by atoms with Crippen molar-refractivity contribution in [2.75, 3.05) is 7.05 Å². The Labute approximate surface area is 172 Å². The molecule has 28 heavy (non-hydrogen) atoms. The summed E-state index contributed by atoms with van der Waals surface area (Å²) in [4.78, 5) is 27.2. The van der Waals surface area contributed by atoms with E-state index in [0.29, 0.717) is 18.7 Å². The van der Waals surface area contributed by atoms with Gasteiger partial charge in [-0.15, -0.1) is 0 Å². The molecule has 1 fully saturated rings. The van der Waals surface area contributed by atoms with Gasteiger partial charge >= 0.3 is 5.97 Å². The van der Waals surface area contributed by atoms with Crippen LogP contribution in [0.3, 0.4) is 0 Å². The number of carbonyl (C=O) groups excluding carboxylic acids is 2. The van der Waals surface area contributed by atoms with E-state index in [1.54, 1.807) is 41.7 Å². The van der Waals surface area contributed by atoms with Crippen LogP contribution in [0.4, 0.5) is 0 Å². The van der Waals surface area contributed by atoms with Crippen molar-refractivity contribution in [1.29, 1.82) is 0 Å². The molecule has 7 nitrogen and oxygen atoms in total. The first-order chi connectivity index (χ1) is 12.8. The summed E-state index contributed by atoms with van der Waals surface area (Å²) in [6.45, 7) is 10.2. The zero-order chi connectivity index (χ0) is 21.6. The van der Waals surface area contributed by atoms with Crippen molar-refractivity contribution in [2.24, 2.45) is 11.8 Å². The van der Waals surface area contributed by atoms with E-state index in [2.05, 4.69) is 12.6 Å². The molecule has 8 heteroatoms. The van der Waals surface area contributed by atoms with Crippen molar-refractivity contribution in [2.45, 2.75) is 83.0 Å². The normalized spacial score (nSPS) is 43.1. The Morgan fingerprint density at radius 3 is 2.36 bits per heavy atom. The van der Waals surface area contributed by atoms with Gasteiger partial charge in [-0.05, 0) is 39.7 Å². The third-order valence-electron chi connectivity index (χ3n) is 6.16. The number of hydrogen-bond acceptors (Lipinski definition) is 7. The number of nitrogens with zero attached hydrogens (tertiary/aromatic N) is 1. The van der Waals surface area contributed by atoms with Crippen LogP contribution < -0.4 is 0 Å². The van der Waals surface area contributed by atoms with E-state index in [1.165, 1.54) is 4.90 Å². The van der Waals surface area contributed by atoms with E-state index in [4.69, 9.17) is 9.47 Å². The summed E-state index contributed by atoms with van der Waals surface area (Å²) in [6, 6.07) is 0. The van der Waals surface area contributed by atoms with E-state index in [1.807, 2.05) is 6.92 Å². The lowest BCUT2D eigenvalue weighted by molar-refractivity contribution is -0.164. The number of fused-ring (bicyclic) bond motifs is 2. The quantitative estimate of drug-likeness (QED) is 0.447. The minimum atomic E-state index is -1.29. The maximum Gasteiger partial charge on any atom is 0.311 e. The first-order valence-corrected chi connectivity index (χ1v) is 10.2. The molecule has 0 aromatic carbocycles. The number of amides is 1. The molecule has 0 aromatic rings. The number of ether oxygens (including phenoxy) is 2. The first-order valence-electron chi connectivity index (χ1n) is 9.73. The largest absolute Gasteiger partial charge is 0.469 e. The van der Waals surface area contributed by atoms with Gasteiger partial charge in [0.05, 0.1) is 18.1 Å². The molecule has 2 aliphatic rings. The maximum atomic E-state index is 13.2. The van der Waals surface area contributed by atoms with Crippen LogP contribution in [-0.2, 0) is 19.1 Å². The van der Waals surface area contributed by atoms with E-state index >= 15 is 0 Å². The van der Waals surface area contributed by atoms with Crippen molar-refractivity contribution in [3.8, 4) is 0 Å². The molecule has 0 aromatic heterocycles. The minimum Gasteiger partial charge on any atom is -0.469 e. The molecule has 1 amide bonds. The summed E-state index contributed by atoms with van der Waals surface area (Å²) in [5.41, 5.74) is -0.207. The molecule has 1 saturated heterocycles. The van der Waals surface area contributed by atoms with E-state index in [9.17, 15) is 19.8 Å². The highest BCUT2D eigenvalue weighted by Crippen LogP contribution is 2.42. The number of rotatable bonds is 1. The number of esters is 1. The van der Waals surface area contributed by atoms with Crippen LogP contribution >= 0.6 is 12.6 Å². The molecule has 0 radical (unpaired) electrons. The Kier molecular flexibility index (Phi) is 6.48. The lowest BCUT2D eigenvalue weighted by atomic mass is 9.80. The van der Waals surface area contributed by atoms with Gasteiger partial charge in [-0.3, -0.25) is 14.5 Å². The van der Waals surface area contributed by atoms with Crippen LogP contribution in [-0.4, -0.2) is 62.7 Å². The zero-order valence-electron chi connectivity index (χ0n) is 17.7. The molecular formula is C20H33NO6S. The van der Waals surface area contributed by atoms with Crippen molar-refractivity contribution < 1.29 is 29.3 Å². The third kappa shape index (κ3) is 3.78. The molecule has 2 aliphatic heterocycles. The lowest BCUT2D eigenvalue weighted by Gasteiger charge is -2.37. The van der Waals surface area contributed by atoms with Gasteiger partial charge in [0.15, 0.2) is 5.88 Å². The molecule has 2 N–H and O–H groups in total. The Hall–Kier alpha value is -1.25. The standard InChI is InChI=1S/C20H33NO6S/c1-8-13-20(6,28)18(25)21(7)16-10(2)9-19(5,27-16)15(23)11(3)14(22)12(4)17(24)26-13/h11-15,22-23,28H,8-9H2,1-7H3. The summed E-state index contributed by atoms with van der Waals surface area (Å²) in [5.74, 6) is -2.16. The fourth-order valence-corrected chi connectivity index (χ4v) is 4.60. The number of thiol groups is 1. The topological polar surface area (TPSA) is 96.3 Å². The molecule has 2 bridgehead atoms. The molecule has 0 saturated carbocycles. The number of carbonyl (C=O) groups is 2. The number of hydrogen-bond donors (Lipinski definition) is 3. The zero-order valence-corrected chi connectivity index (χ0v) is 18.6. The highest BCUT2D eigenvalue weighted by molar-refractivity contribution is 7.82. The molecule has 0 spiro atoms. The van der Waals surface area contributed by atoms with E-state index in [-0.39, 0.29) is 5.91 Å². The molecular weight excluding hydrogens is 382 g/mol. The number of aliphatic hydroxyl groups excluding tert-OH is 2. The van der Waals surface area contributed by atoms with Crippen molar-refractivity contribution in [3.63, 3.8) is 0 Å². The van der Waals surface area contributed by atoms with E-state index in [0.717, 1.165) is 5.57 Å². The molecule has 7 unspecified atom stereocenters. The van der Waals surface area contributed by atoms with Crippen molar-refractivity contribution in [3.05, 3.63) is 11.5 Å². The predicted octanol–water partition coefficient (Wildman–Crippen LogP) is 1.87. The Morgan fingerprint density at radius 2 is 1.82 bits per heavy atom. The van der Waals surface area contributed by atoms with Crippen LogP contribution in [0.25, 0.3) is 0 Å². The highest BCUT2D eigenvalue weighted by atomic mass is 32.1. The maximum absolute atomic E-state index is 13.2. The minimum absolute atomic E-state index is 0.363. The second kappa shape index (κ2) is 7.88. The van der Waals surface area contributed by atoms with Crippen LogP contribution in [0.1, 0.15) is 54.4 Å². The van der Waals surface area contributed by atoms with Crippen molar-refractivity contribution in [1.82, 2.24) is 4.90 Å². The predicted molar refractivity (Wildman–Crippen MR) is 107 cm³/mol. The molecule has 160 valence electrons. The Balaban J connectivity index is 2.55. The molecule has 7 atom stereocenters. The van der Waals surface area contributed by atoms with Crippen LogP contribution in [0.5, 0.6) is 0 Å². The van der Waals surface area contributed by atoms with Gasteiger partial charge in [0.2, 0.25) is 5.91 Å². The first kappa shape index (κ1) is 23.0. The van der Waals surface area contributed by atoms with Crippen LogP contribution in [0.15, 0.2) is 11.5 Å². The lowest BCUT2D eigenvalue weighted by Crippen LogP contribution is -2.51. The Bertz CT molecular complexity index is 678. The van der Waals surface area contributed by atoms with E-state index < -0.39 is 46.5 Å². The highest BCUT2D eigenvalue weighted by Gasteiger charge is 2.51. The third-order valence-corrected chi connectivity index (χ3v) is 6.64. The summed E-state index contributed by atoms with van der Waals surface area (Å²) in [6.07, 6.45) is -2.20. The van der Waals surface area contributed by atoms with Crippen LogP contribution in [0.2, 0.25) is 0 Å². The number of cyclic esters (lactones) is 1. The van der Waals surface area contributed by atoms with Gasteiger partial charge in [0.25, 0.3) is 0 Å². The summed E-state index contributed by atoms with van der Waals surface area (Å²) < 4.78 is 10.4. The fraction of sp³-hybridized carbons (Fsp3) is 0.800. The average Bonchev–Trinajstić information content (AvgIpc) is 2.96. The fourth-order valence-electron chi connectivity index (χ4n) is 4.22. The monoisotopic (exact) mass is 415 g/mol.